The van der Waals surface area contributed by atoms with Crippen LogP contribution < -0.4 is 16.0 Å². The third-order valence-electron chi connectivity index (χ3n) is 4.06. The highest BCUT2D eigenvalue weighted by Crippen LogP contribution is 2.27. The van der Waals surface area contributed by atoms with Crippen LogP contribution in [-0.4, -0.2) is 35.1 Å². The van der Waals surface area contributed by atoms with Crippen LogP contribution in [0.1, 0.15) is 24.4 Å². The number of nitrogens with one attached hydrogen (secondary N) is 1. The first kappa shape index (κ1) is 15.3. The van der Waals surface area contributed by atoms with Gasteiger partial charge in [0.05, 0.1) is 17.6 Å². The number of nitrogens with zero attached hydrogens (tertiary/aromatic N) is 4. The third kappa shape index (κ3) is 3.26. The van der Waals surface area contributed by atoms with E-state index in [-0.39, 0.29) is 0 Å². The standard InChI is InChI=1S/C17H22N6/c1-12-14(9-13(19-2)11-20-12)15-10-17(23-7-3-4-8-23)22-16(21-15)5-6-18/h5-6,9-11,19H,3-4,7-8,18H2,1-2H3. The van der Waals surface area contributed by atoms with E-state index >= 15 is 0 Å². The minimum Gasteiger partial charge on any atom is -0.404 e. The zero-order valence-corrected chi connectivity index (χ0v) is 13.6. The minimum absolute atomic E-state index is 0.626. The smallest absolute Gasteiger partial charge is 0.156 e. The van der Waals surface area contributed by atoms with Gasteiger partial charge in [0.15, 0.2) is 5.82 Å². The van der Waals surface area contributed by atoms with Gasteiger partial charge in [-0.1, -0.05) is 0 Å². The molecule has 0 aliphatic carbocycles. The quantitative estimate of drug-likeness (QED) is 0.903. The molecular formula is C17H22N6. The third-order valence-corrected chi connectivity index (χ3v) is 4.06. The van der Waals surface area contributed by atoms with E-state index in [1.807, 2.05) is 26.2 Å². The summed E-state index contributed by atoms with van der Waals surface area (Å²) in [5.74, 6) is 1.58. The molecule has 0 amide bonds. The molecule has 1 aliphatic rings. The molecular weight excluding hydrogens is 288 g/mol. The van der Waals surface area contributed by atoms with Gasteiger partial charge in [0.25, 0.3) is 0 Å². The van der Waals surface area contributed by atoms with Crippen molar-refractivity contribution in [2.75, 3.05) is 30.4 Å². The van der Waals surface area contributed by atoms with Crippen molar-refractivity contribution in [3.63, 3.8) is 0 Å². The van der Waals surface area contributed by atoms with E-state index in [4.69, 9.17) is 5.73 Å². The van der Waals surface area contributed by atoms with Gasteiger partial charge in [-0.2, -0.15) is 0 Å². The zero-order valence-electron chi connectivity index (χ0n) is 13.6. The molecule has 6 nitrogen and oxygen atoms in total. The molecule has 3 heterocycles. The van der Waals surface area contributed by atoms with Crippen LogP contribution in [0, 0.1) is 6.92 Å². The van der Waals surface area contributed by atoms with Gasteiger partial charge in [-0.15, -0.1) is 0 Å². The molecule has 3 N–H and O–H groups in total. The summed E-state index contributed by atoms with van der Waals surface area (Å²) in [6.45, 7) is 4.07. The van der Waals surface area contributed by atoms with Crippen LogP contribution in [0.3, 0.4) is 0 Å². The Morgan fingerprint density at radius 2 is 2.00 bits per heavy atom. The molecule has 1 fully saturated rings. The molecule has 120 valence electrons. The maximum atomic E-state index is 5.53. The van der Waals surface area contributed by atoms with Crippen molar-refractivity contribution < 1.29 is 0 Å². The molecule has 0 radical (unpaired) electrons. The van der Waals surface area contributed by atoms with Crippen LogP contribution in [0.4, 0.5) is 11.5 Å². The first-order valence-corrected chi connectivity index (χ1v) is 7.88. The van der Waals surface area contributed by atoms with Gasteiger partial charge in [-0.3, -0.25) is 4.98 Å². The van der Waals surface area contributed by atoms with Crippen molar-refractivity contribution in [1.29, 1.82) is 0 Å². The average molecular weight is 310 g/mol. The Morgan fingerprint density at radius 3 is 2.70 bits per heavy atom. The monoisotopic (exact) mass is 310 g/mol. The number of nitrogens with two attached hydrogens (primary N) is 1. The highest BCUT2D eigenvalue weighted by atomic mass is 15.2. The molecule has 23 heavy (non-hydrogen) atoms. The number of hydrogen-bond donors (Lipinski definition) is 2. The fourth-order valence-electron chi connectivity index (χ4n) is 2.79. The van der Waals surface area contributed by atoms with Crippen molar-refractivity contribution in [2.24, 2.45) is 5.73 Å². The van der Waals surface area contributed by atoms with Crippen molar-refractivity contribution in [3.05, 3.63) is 36.0 Å². The Labute approximate surface area is 136 Å². The predicted octanol–water partition coefficient (Wildman–Crippen LogP) is 2.42. The summed E-state index contributed by atoms with van der Waals surface area (Å²) in [7, 11) is 1.88. The van der Waals surface area contributed by atoms with Crippen molar-refractivity contribution in [2.45, 2.75) is 19.8 Å². The lowest BCUT2D eigenvalue weighted by atomic mass is 10.1. The van der Waals surface area contributed by atoms with Crippen molar-refractivity contribution in [1.82, 2.24) is 15.0 Å². The Hall–Kier alpha value is -2.63. The molecule has 6 heteroatoms. The first-order chi connectivity index (χ1) is 11.2. The SMILES string of the molecule is CNc1cnc(C)c(-c2cc(N3CCCC3)nc(C=CN)n2)c1. The van der Waals surface area contributed by atoms with Gasteiger partial charge in [-0.05, 0) is 38.1 Å². The number of aromatic nitrogens is 3. The Kier molecular flexibility index (Phi) is 4.41. The van der Waals surface area contributed by atoms with Crippen LogP contribution in [0.2, 0.25) is 0 Å². The Balaban J connectivity index is 2.10. The molecule has 2 aromatic heterocycles. The largest absolute Gasteiger partial charge is 0.404 e. The second-order valence-corrected chi connectivity index (χ2v) is 5.63. The van der Waals surface area contributed by atoms with E-state index in [0.717, 1.165) is 41.5 Å². The summed E-state index contributed by atoms with van der Waals surface area (Å²) in [6.07, 6.45) is 7.44. The van der Waals surface area contributed by atoms with Gasteiger partial charge >= 0.3 is 0 Å². The molecule has 0 spiro atoms. The summed E-state index contributed by atoms with van der Waals surface area (Å²) in [4.78, 5) is 16.0. The lowest BCUT2D eigenvalue weighted by Gasteiger charge is -2.18. The van der Waals surface area contributed by atoms with Gasteiger partial charge in [0.1, 0.15) is 5.82 Å². The zero-order chi connectivity index (χ0) is 16.2. The van der Waals surface area contributed by atoms with Gasteiger partial charge in [-0.25, -0.2) is 9.97 Å². The number of anilines is 2. The van der Waals surface area contributed by atoms with E-state index in [9.17, 15) is 0 Å². The Bertz CT molecular complexity index is 719. The number of rotatable bonds is 4. The van der Waals surface area contributed by atoms with Crippen molar-refractivity contribution >= 4 is 17.6 Å². The Morgan fingerprint density at radius 1 is 1.22 bits per heavy atom. The summed E-state index contributed by atoms with van der Waals surface area (Å²) in [6, 6.07) is 4.11. The van der Waals surface area contributed by atoms with Gasteiger partial charge < -0.3 is 16.0 Å². The second-order valence-electron chi connectivity index (χ2n) is 5.63. The number of hydrogen-bond acceptors (Lipinski definition) is 6. The highest BCUT2D eigenvalue weighted by Gasteiger charge is 2.17. The molecule has 0 saturated carbocycles. The predicted molar refractivity (Wildman–Crippen MR) is 94.2 cm³/mol. The summed E-state index contributed by atoms with van der Waals surface area (Å²) in [5.41, 5.74) is 9.31. The molecule has 2 aromatic rings. The lowest BCUT2D eigenvalue weighted by molar-refractivity contribution is 0.924. The topological polar surface area (TPSA) is 80.0 Å². The highest BCUT2D eigenvalue weighted by molar-refractivity contribution is 5.70. The maximum absolute atomic E-state index is 5.53. The molecule has 1 aliphatic heterocycles. The summed E-state index contributed by atoms with van der Waals surface area (Å²) < 4.78 is 0. The lowest BCUT2D eigenvalue weighted by Crippen LogP contribution is -2.19. The van der Waals surface area contributed by atoms with E-state index in [0.29, 0.717) is 5.82 Å². The molecule has 0 bridgehead atoms. The summed E-state index contributed by atoms with van der Waals surface area (Å²) in [5, 5.41) is 3.12. The molecule has 0 atom stereocenters. The summed E-state index contributed by atoms with van der Waals surface area (Å²) >= 11 is 0. The fraction of sp³-hybridized carbons (Fsp3) is 0.353. The van der Waals surface area contributed by atoms with Crippen LogP contribution in [0.5, 0.6) is 0 Å². The molecule has 1 saturated heterocycles. The maximum Gasteiger partial charge on any atom is 0.156 e. The molecule has 0 aromatic carbocycles. The van der Waals surface area contributed by atoms with Gasteiger partial charge in [0.2, 0.25) is 0 Å². The first-order valence-electron chi connectivity index (χ1n) is 7.88. The van der Waals surface area contributed by atoms with Crippen LogP contribution in [0.25, 0.3) is 17.3 Å². The average Bonchev–Trinajstić information content (AvgIpc) is 3.10. The normalized spacial score (nSPS) is 14.6. The van der Waals surface area contributed by atoms with Gasteiger partial charge in [0, 0.05) is 37.5 Å². The fourth-order valence-corrected chi connectivity index (χ4v) is 2.79. The van der Waals surface area contributed by atoms with Crippen LogP contribution in [-0.2, 0) is 0 Å². The number of aryl methyl sites for hydroxylation is 1. The van der Waals surface area contributed by atoms with E-state index in [1.165, 1.54) is 19.0 Å². The molecule has 0 unspecified atom stereocenters. The van der Waals surface area contributed by atoms with E-state index in [2.05, 4.69) is 31.2 Å². The van der Waals surface area contributed by atoms with Crippen LogP contribution in [0.15, 0.2) is 24.5 Å². The van der Waals surface area contributed by atoms with Crippen molar-refractivity contribution in [3.8, 4) is 11.3 Å². The van der Waals surface area contributed by atoms with E-state index in [1.54, 1.807) is 6.08 Å². The second kappa shape index (κ2) is 6.64. The minimum atomic E-state index is 0.626. The number of pyridine rings is 1. The molecule has 3 rings (SSSR count). The van der Waals surface area contributed by atoms with Crippen LogP contribution >= 0.6 is 0 Å². The van der Waals surface area contributed by atoms with E-state index < -0.39 is 0 Å².